The van der Waals surface area contributed by atoms with Gasteiger partial charge in [-0.15, -0.1) is 0 Å². The van der Waals surface area contributed by atoms with Gasteiger partial charge in [-0.05, 0) is 30.5 Å². The van der Waals surface area contributed by atoms with Crippen LogP contribution in [0.4, 0.5) is 0 Å². The van der Waals surface area contributed by atoms with Gasteiger partial charge in [0.2, 0.25) is 0 Å². The number of carbonyl (C=O) groups excluding carboxylic acids is 1. The minimum atomic E-state index is 0.0791. The highest BCUT2D eigenvalue weighted by Crippen LogP contribution is 2.29. The van der Waals surface area contributed by atoms with Crippen molar-refractivity contribution in [3.8, 4) is 6.07 Å². The SMILES string of the molecule is N#Cc1cccc(C2C=CC(C=O)CC2)c1. The second-order valence-electron chi connectivity index (χ2n) is 4.11. The molecule has 0 N–H and O–H groups in total. The first-order chi connectivity index (χ1) is 7.83. The summed E-state index contributed by atoms with van der Waals surface area (Å²) in [6.07, 6.45) is 6.94. The quantitative estimate of drug-likeness (QED) is 0.557. The smallest absolute Gasteiger partial charge is 0.126 e. The summed E-state index contributed by atoms with van der Waals surface area (Å²) in [5.41, 5.74) is 1.86. The van der Waals surface area contributed by atoms with Gasteiger partial charge in [0.15, 0.2) is 0 Å². The Morgan fingerprint density at radius 2 is 2.19 bits per heavy atom. The van der Waals surface area contributed by atoms with Crippen molar-refractivity contribution in [3.05, 3.63) is 47.5 Å². The maximum atomic E-state index is 10.6. The van der Waals surface area contributed by atoms with E-state index in [1.54, 1.807) is 0 Å². The molecule has 80 valence electrons. The summed E-state index contributed by atoms with van der Waals surface area (Å²) in [6.45, 7) is 0. The maximum absolute atomic E-state index is 10.6. The molecule has 1 aliphatic rings. The zero-order chi connectivity index (χ0) is 11.4. The Morgan fingerprint density at radius 3 is 2.81 bits per heavy atom. The molecule has 2 rings (SSSR count). The lowest BCUT2D eigenvalue weighted by atomic mass is 9.84. The van der Waals surface area contributed by atoms with Crippen LogP contribution in [0.2, 0.25) is 0 Å². The van der Waals surface area contributed by atoms with Gasteiger partial charge in [0.25, 0.3) is 0 Å². The fourth-order valence-corrected chi connectivity index (χ4v) is 2.07. The Balaban J connectivity index is 2.20. The zero-order valence-corrected chi connectivity index (χ0v) is 8.97. The molecule has 1 aromatic carbocycles. The molecule has 0 aliphatic heterocycles. The monoisotopic (exact) mass is 211 g/mol. The molecule has 0 saturated carbocycles. The van der Waals surface area contributed by atoms with Crippen molar-refractivity contribution < 1.29 is 4.79 Å². The van der Waals surface area contributed by atoms with Gasteiger partial charge in [-0.25, -0.2) is 0 Å². The molecule has 1 aromatic rings. The fourth-order valence-electron chi connectivity index (χ4n) is 2.07. The molecule has 0 amide bonds. The summed E-state index contributed by atoms with van der Waals surface area (Å²) < 4.78 is 0. The van der Waals surface area contributed by atoms with Crippen LogP contribution in [0.5, 0.6) is 0 Å². The Labute approximate surface area is 95.2 Å². The highest BCUT2D eigenvalue weighted by Gasteiger charge is 2.16. The summed E-state index contributed by atoms with van der Waals surface area (Å²) in [6, 6.07) is 9.83. The molecule has 2 nitrogen and oxygen atoms in total. The van der Waals surface area contributed by atoms with Gasteiger partial charge >= 0.3 is 0 Å². The van der Waals surface area contributed by atoms with Crippen LogP contribution < -0.4 is 0 Å². The number of nitriles is 1. The summed E-state index contributed by atoms with van der Waals surface area (Å²) in [5.74, 6) is 0.430. The van der Waals surface area contributed by atoms with Crippen LogP contribution in [0.15, 0.2) is 36.4 Å². The van der Waals surface area contributed by atoms with E-state index < -0.39 is 0 Å². The predicted molar refractivity (Wildman–Crippen MR) is 61.8 cm³/mol. The third-order valence-corrected chi connectivity index (χ3v) is 3.02. The normalized spacial score (nSPS) is 23.7. The first-order valence-electron chi connectivity index (χ1n) is 5.47. The number of hydrogen-bond donors (Lipinski definition) is 0. The van der Waals surface area contributed by atoms with Gasteiger partial charge in [-0.3, -0.25) is 0 Å². The van der Waals surface area contributed by atoms with Crippen LogP contribution in [-0.2, 0) is 4.79 Å². The Hall–Kier alpha value is -1.88. The standard InChI is InChI=1S/C14H13NO/c15-9-12-2-1-3-14(8-12)13-6-4-11(10-16)5-7-13/h1-4,6,8,10-11,13H,5,7H2. The van der Waals surface area contributed by atoms with Crippen LogP contribution >= 0.6 is 0 Å². The third-order valence-electron chi connectivity index (χ3n) is 3.02. The van der Waals surface area contributed by atoms with Gasteiger partial charge in [-0.2, -0.15) is 5.26 Å². The Morgan fingerprint density at radius 1 is 1.31 bits per heavy atom. The van der Waals surface area contributed by atoms with Crippen LogP contribution in [0.1, 0.15) is 29.9 Å². The molecule has 0 bridgehead atoms. The topological polar surface area (TPSA) is 40.9 Å². The van der Waals surface area contributed by atoms with Crippen molar-refractivity contribution in [2.75, 3.05) is 0 Å². The lowest BCUT2D eigenvalue weighted by molar-refractivity contribution is -0.110. The van der Waals surface area contributed by atoms with Crippen molar-refractivity contribution in [2.24, 2.45) is 5.92 Å². The number of allylic oxidation sites excluding steroid dienone is 2. The van der Waals surface area contributed by atoms with E-state index >= 15 is 0 Å². The van der Waals surface area contributed by atoms with Gasteiger partial charge < -0.3 is 4.79 Å². The second kappa shape index (κ2) is 4.76. The molecule has 0 aromatic heterocycles. The van der Waals surface area contributed by atoms with Gasteiger partial charge in [-0.1, -0.05) is 24.3 Å². The summed E-state index contributed by atoms with van der Waals surface area (Å²) in [5, 5.41) is 8.83. The van der Waals surface area contributed by atoms with Crippen molar-refractivity contribution in [2.45, 2.75) is 18.8 Å². The zero-order valence-electron chi connectivity index (χ0n) is 8.97. The number of carbonyl (C=O) groups is 1. The number of benzene rings is 1. The van der Waals surface area contributed by atoms with Crippen molar-refractivity contribution in [1.29, 1.82) is 5.26 Å². The van der Waals surface area contributed by atoms with E-state index in [4.69, 9.17) is 5.26 Å². The van der Waals surface area contributed by atoms with Gasteiger partial charge in [0.05, 0.1) is 11.6 Å². The van der Waals surface area contributed by atoms with E-state index in [2.05, 4.69) is 12.1 Å². The molecule has 0 spiro atoms. The van der Waals surface area contributed by atoms with E-state index in [9.17, 15) is 4.79 Å². The first kappa shape index (κ1) is 10.6. The Bertz CT molecular complexity index is 456. The van der Waals surface area contributed by atoms with Crippen molar-refractivity contribution in [1.82, 2.24) is 0 Å². The molecule has 2 unspecified atom stereocenters. The lowest BCUT2D eigenvalue weighted by Crippen LogP contribution is -2.08. The molecule has 2 atom stereocenters. The minimum absolute atomic E-state index is 0.0791. The molecular weight excluding hydrogens is 198 g/mol. The predicted octanol–water partition coefficient (Wildman–Crippen LogP) is 2.81. The number of aldehydes is 1. The fraction of sp³-hybridized carbons (Fsp3) is 0.286. The van der Waals surface area contributed by atoms with E-state index in [0.29, 0.717) is 11.5 Å². The van der Waals surface area contributed by atoms with Gasteiger partial charge in [0.1, 0.15) is 6.29 Å². The average molecular weight is 211 g/mol. The van der Waals surface area contributed by atoms with E-state index in [1.165, 1.54) is 5.56 Å². The summed E-state index contributed by atoms with van der Waals surface area (Å²) >= 11 is 0. The largest absolute Gasteiger partial charge is 0.303 e. The molecule has 0 saturated heterocycles. The van der Waals surface area contributed by atoms with E-state index in [1.807, 2.05) is 30.3 Å². The maximum Gasteiger partial charge on any atom is 0.126 e. The second-order valence-corrected chi connectivity index (χ2v) is 4.11. The first-order valence-corrected chi connectivity index (χ1v) is 5.47. The molecule has 0 fully saturated rings. The number of rotatable bonds is 2. The molecule has 16 heavy (non-hydrogen) atoms. The summed E-state index contributed by atoms with van der Waals surface area (Å²) in [4.78, 5) is 10.6. The van der Waals surface area contributed by atoms with Crippen LogP contribution in [-0.4, -0.2) is 6.29 Å². The Kier molecular flexibility index (Phi) is 3.16. The van der Waals surface area contributed by atoms with Crippen molar-refractivity contribution >= 4 is 6.29 Å². The van der Waals surface area contributed by atoms with Crippen molar-refractivity contribution in [3.63, 3.8) is 0 Å². The van der Waals surface area contributed by atoms with Crippen LogP contribution in [0.25, 0.3) is 0 Å². The molecule has 2 heteroatoms. The van der Waals surface area contributed by atoms with Crippen LogP contribution in [0.3, 0.4) is 0 Å². The number of nitrogens with zero attached hydrogens (tertiary/aromatic N) is 1. The molecule has 1 aliphatic carbocycles. The summed E-state index contributed by atoms with van der Waals surface area (Å²) in [7, 11) is 0. The third kappa shape index (κ3) is 2.20. The number of hydrogen-bond acceptors (Lipinski definition) is 2. The minimum Gasteiger partial charge on any atom is -0.303 e. The van der Waals surface area contributed by atoms with Gasteiger partial charge in [0, 0.05) is 11.8 Å². The lowest BCUT2D eigenvalue weighted by Gasteiger charge is -2.19. The van der Waals surface area contributed by atoms with E-state index in [0.717, 1.165) is 19.1 Å². The van der Waals surface area contributed by atoms with Crippen LogP contribution in [0, 0.1) is 17.2 Å². The highest BCUT2D eigenvalue weighted by atomic mass is 16.1. The average Bonchev–Trinajstić information content (AvgIpc) is 2.39. The molecule has 0 heterocycles. The highest BCUT2D eigenvalue weighted by molar-refractivity contribution is 5.57. The molecular formula is C14H13NO. The molecule has 0 radical (unpaired) electrons. The van der Waals surface area contributed by atoms with E-state index in [-0.39, 0.29) is 5.92 Å².